The van der Waals surface area contributed by atoms with Crippen molar-refractivity contribution in [2.75, 3.05) is 0 Å². The molecule has 0 aliphatic heterocycles. The number of aliphatic hydroxyl groups is 2. The van der Waals surface area contributed by atoms with Gasteiger partial charge in [-0.2, -0.15) is 0 Å². The third-order valence-electron chi connectivity index (χ3n) is 3.76. The molecule has 0 rings (SSSR count). The summed E-state index contributed by atoms with van der Waals surface area (Å²) in [5, 5.41) is 18.4. The minimum atomic E-state index is -1.59. The van der Waals surface area contributed by atoms with E-state index in [1.807, 2.05) is 0 Å². The molecule has 0 bridgehead atoms. The zero-order chi connectivity index (χ0) is 11.5. The van der Waals surface area contributed by atoms with E-state index < -0.39 is 14.4 Å². The van der Waals surface area contributed by atoms with Crippen molar-refractivity contribution in [3.8, 4) is 0 Å². The van der Waals surface area contributed by atoms with E-state index in [1.54, 1.807) is 0 Å². The van der Waals surface area contributed by atoms with Crippen LogP contribution in [0.1, 0.15) is 41.5 Å². The summed E-state index contributed by atoms with van der Waals surface area (Å²) in [4.78, 5) is 0. The summed E-state index contributed by atoms with van der Waals surface area (Å²) in [6, 6.07) is 0.611. The summed E-state index contributed by atoms with van der Waals surface area (Å²) in [5.41, 5.74) is 1.80. The summed E-state index contributed by atoms with van der Waals surface area (Å²) < 4.78 is 0. The molecule has 0 aromatic carbocycles. The van der Waals surface area contributed by atoms with Gasteiger partial charge in [-0.05, 0) is 6.04 Å². The van der Waals surface area contributed by atoms with Gasteiger partial charge in [0.2, 0.25) is 0 Å². The number of hydrogen-bond donors (Lipinski definition) is 2. The normalized spacial score (nSPS) is 13.7. The maximum atomic E-state index is 9.22. The van der Waals surface area contributed by atoms with E-state index in [9.17, 15) is 10.2 Å². The zero-order valence-electron chi connectivity index (χ0n) is 10.4. The van der Waals surface area contributed by atoms with Gasteiger partial charge in [-0.3, -0.25) is 0 Å². The Labute approximate surface area is 89.4 Å². The third kappa shape index (κ3) is 2.81. The Morgan fingerprint density at radius 2 is 1.07 bits per heavy atom. The standard InChI is InChI=1S/C11H26O2Si/c1-8(2)14(9(3)4,10(5)6)7-11(12)13/h8-13H,7H2,1-6H3. The molecule has 0 spiro atoms. The molecule has 0 saturated heterocycles. The Hall–Kier alpha value is 0.137. The van der Waals surface area contributed by atoms with Crippen molar-refractivity contribution >= 4 is 8.07 Å². The van der Waals surface area contributed by atoms with Gasteiger partial charge in [0.25, 0.3) is 0 Å². The fourth-order valence-corrected chi connectivity index (χ4v) is 9.07. The van der Waals surface area contributed by atoms with Crippen LogP contribution in [0.15, 0.2) is 0 Å². The Morgan fingerprint density at radius 3 is 1.14 bits per heavy atom. The van der Waals surface area contributed by atoms with Crippen molar-refractivity contribution in [2.45, 2.75) is 70.5 Å². The van der Waals surface area contributed by atoms with Gasteiger partial charge >= 0.3 is 0 Å². The van der Waals surface area contributed by atoms with E-state index >= 15 is 0 Å². The fourth-order valence-electron chi connectivity index (χ4n) is 3.02. The first-order valence-electron chi connectivity index (χ1n) is 5.61. The Balaban J connectivity index is 4.95. The van der Waals surface area contributed by atoms with Gasteiger partial charge in [0, 0.05) is 0 Å². The van der Waals surface area contributed by atoms with Crippen LogP contribution in [0.25, 0.3) is 0 Å². The number of aliphatic hydroxyl groups excluding tert-OH is 1. The Bertz CT molecular complexity index is 143. The summed E-state index contributed by atoms with van der Waals surface area (Å²) >= 11 is 0. The topological polar surface area (TPSA) is 40.5 Å². The second-order valence-electron chi connectivity index (χ2n) is 5.26. The molecule has 0 saturated carbocycles. The van der Waals surface area contributed by atoms with Crippen molar-refractivity contribution in [3.63, 3.8) is 0 Å². The fraction of sp³-hybridized carbons (Fsp3) is 1.00. The zero-order valence-corrected chi connectivity index (χ0v) is 11.4. The average Bonchev–Trinajstić information content (AvgIpc) is 1.97. The lowest BCUT2D eigenvalue weighted by atomic mass is 10.5. The van der Waals surface area contributed by atoms with Gasteiger partial charge in [0.15, 0.2) is 0 Å². The molecule has 0 radical (unpaired) electrons. The molecule has 0 amide bonds. The van der Waals surface area contributed by atoms with E-state index in [0.717, 1.165) is 0 Å². The first-order valence-corrected chi connectivity index (χ1v) is 8.05. The van der Waals surface area contributed by atoms with E-state index in [4.69, 9.17) is 0 Å². The van der Waals surface area contributed by atoms with Crippen molar-refractivity contribution in [1.29, 1.82) is 0 Å². The molecule has 2 nitrogen and oxygen atoms in total. The predicted octanol–water partition coefficient (Wildman–Crippen LogP) is 2.98. The van der Waals surface area contributed by atoms with Crippen LogP contribution < -0.4 is 0 Å². The molecule has 0 fully saturated rings. The summed E-state index contributed by atoms with van der Waals surface area (Å²) in [7, 11) is -1.59. The van der Waals surface area contributed by atoms with E-state index in [0.29, 0.717) is 22.7 Å². The second kappa shape index (κ2) is 5.28. The van der Waals surface area contributed by atoms with E-state index in [-0.39, 0.29) is 0 Å². The molecule has 3 heteroatoms. The van der Waals surface area contributed by atoms with Crippen LogP contribution in [0.5, 0.6) is 0 Å². The van der Waals surface area contributed by atoms with Gasteiger partial charge in [-0.1, -0.05) is 58.2 Å². The molecule has 0 aromatic heterocycles. The monoisotopic (exact) mass is 218 g/mol. The lowest BCUT2D eigenvalue weighted by Crippen LogP contribution is -2.46. The molecular formula is C11H26O2Si. The quantitative estimate of drug-likeness (QED) is 0.550. The highest BCUT2D eigenvalue weighted by atomic mass is 28.3. The van der Waals surface area contributed by atoms with Crippen LogP contribution in [0.4, 0.5) is 0 Å². The Kier molecular flexibility index (Phi) is 5.34. The molecule has 86 valence electrons. The smallest absolute Gasteiger partial charge is 0.149 e. The molecule has 14 heavy (non-hydrogen) atoms. The second-order valence-corrected chi connectivity index (χ2v) is 11.4. The number of hydrogen-bond acceptors (Lipinski definition) is 2. The van der Waals surface area contributed by atoms with Gasteiger partial charge in [0.05, 0.1) is 8.07 Å². The maximum Gasteiger partial charge on any atom is 0.149 e. The van der Waals surface area contributed by atoms with Crippen molar-refractivity contribution < 1.29 is 10.2 Å². The third-order valence-corrected chi connectivity index (χ3v) is 11.3. The molecule has 0 aromatic rings. The van der Waals surface area contributed by atoms with Crippen LogP contribution >= 0.6 is 0 Å². The van der Waals surface area contributed by atoms with Crippen LogP contribution in [-0.2, 0) is 0 Å². The van der Waals surface area contributed by atoms with Crippen molar-refractivity contribution in [3.05, 3.63) is 0 Å². The van der Waals surface area contributed by atoms with Crippen LogP contribution in [0.3, 0.4) is 0 Å². The van der Waals surface area contributed by atoms with Crippen LogP contribution in [-0.4, -0.2) is 24.6 Å². The molecule has 0 aliphatic carbocycles. The first-order chi connectivity index (χ1) is 6.25. The molecule has 0 atom stereocenters. The first kappa shape index (κ1) is 14.1. The Morgan fingerprint density at radius 1 is 0.786 bits per heavy atom. The summed E-state index contributed by atoms with van der Waals surface area (Å²) in [6.45, 7) is 13.4. The van der Waals surface area contributed by atoms with Gasteiger partial charge in [-0.25, -0.2) is 0 Å². The summed E-state index contributed by atoms with van der Waals surface area (Å²) in [5.74, 6) is 0. The molecule has 0 heterocycles. The summed E-state index contributed by atoms with van der Waals surface area (Å²) in [6.07, 6.45) is -1.13. The maximum absolute atomic E-state index is 9.22. The minimum absolute atomic E-state index is 0.601. The predicted molar refractivity (Wildman–Crippen MR) is 64.1 cm³/mol. The van der Waals surface area contributed by atoms with Gasteiger partial charge < -0.3 is 10.2 Å². The van der Waals surface area contributed by atoms with Gasteiger partial charge in [-0.15, -0.1) is 0 Å². The molecule has 0 aliphatic rings. The highest BCUT2D eigenvalue weighted by molar-refractivity contribution is 6.83. The SMILES string of the molecule is CC(C)[Si](CC(O)O)(C(C)C)C(C)C. The van der Waals surface area contributed by atoms with Crippen molar-refractivity contribution in [2.24, 2.45) is 0 Å². The molecule has 2 N–H and O–H groups in total. The van der Waals surface area contributed by atoms with Gasteiger partial charge in [0.1, 0.15) is 6.29 Å². The number of rotatable bonds is 5. The van der Waals surface area contributed by atoms with Crippen molar-refractivity contribution in [1.82, 2.24) is 0 Å². The van der Waals surface area contributed by atoms with E-state index in [1.165, 1.54) is 0 Å². The lowest BCUT2D eigenvalue weighted by molar-refractivity contribution is -0.0247. The molecular weight excluding hydrogens is 192 g/mol. The highest BCUT2D eigenvalue weighted by Gasteiger charge is 2.43. The van der Waals surface area contributed by atoms with Crippen LogP contribution in [0.2, 0.25) is 22.7 Å². The average molecular weight is 218 g/mol. The highest BCUT2D eigenvalue weighted by Crippen LogP contribution is 2.44. The molecule has 0 unspecified atom stereocenters. The van der Waals surface area contributed by atoms with Crippen LogP contribution in [0, 0.1) is 0 Å². The largest absolute Gasteiger partial charge is 0.368 e. The minimum Gasteiger partial charge on any atom is -0.368 e. The lowest BCUT2D eigenvalue weighted by Gasteiger charge is -2.43. The van der Waals surface area contributed by atoms with E-state index in [2.05, 4.69) is 41.5 Å².